The lowest BCUT2D eigenvalue weighted by Crippen LogP contribution is -2.51. The molecule has 4 nitrogen and oxygen atoms in total. The molecule has 0 heterocycles. The Bertz CT molecular complexity index is 1010. The number of amides is 2. The highest BCUT2D eigenvalue weighted by Gasteiger charge is 2.30. The number of halogens is 2. The van der Waals surface area contributed by atoms with Crippen molar-refractivity contribution in [1.82, 2.24) is 10.2 Å². The quantitative estimate of drug-likeness (QED) is 0.386. The molecule has 1 aliphatic carbocycles. The Morgan fingerprint density at radius 1 is 1.00 bits per heavy atom. The van der Waals surface area contributed by atoms with Gasteiger partial charge in [0.1, 0.15) is 6.04 Å². The lowest BCUT2D eigenvalue weighted by Gasteiger charge is -2.31. The SMILES string of the molecule is CCC(C(=O)NC1CCCC1)N(Cc1ccc(Cl)c(Cl)c1)C(=O)CCc1ccc(C(C)(C)C)cc1. The maximum atomic E-state index is 13.5. The fourth-order valence-corrected chi connectivity index (χ4v) is 5.01. The maximum absolute atomic E-state index is 13.5. The Morgan fingerprint density at radius 3 is 2.20 bits per heavy atom. The van der Waals surface area contributed by atoms with Gasteiger partial charge in [-0.05, 0) is 59.9 Å². The van der Waals surface area contributed by atoms with Gasteiger partial charge in [-0.1, -0.05) is 94.1 Å². The van der Waals surface area contributed by atoms with Crippen molar-refractivity contribution >= 4 is 35.0 Å². The Labute approximate surface area is 220 Å². The molecular formula is C29H38Cl2N2O2. The fraction of sp³-hybridized carbons (Fsp3) is 0.517. The molecule has 0 radical (unpaired) electrons. The summed E-state index contributed by atoms with van der Waals surface area (Å²) in [5.74, 6) is -0.105. The second kappa shape index (κ2) is 12.3. The minimum Gasteiger partial charge on any atom is -0.352 e. The third-order valence-corrected chi connectivity index (χ3v) is 7.61. The van der Waals surface area contributed by atoms with Crippen molar-refractivity contribution in [1.29, 1.82) is 0 Å². The first-order valence-electron chi connectivity index (χ1n) is 12.7. The first kappa shape index (κ1) is 27.5. The van der Waals surface area contributed by atoms with E-state index in [4.69, 9.17) is 23.2 Å². The highest BCUT2D eigenvalue weighted by atomic mass is 35.5. The Kier molecular flexibility index (Phi) is 9.66. The van der Waals surface area contributed by atoms with Crippen molar-refractivity contribution in [2.45, 2.75) is 96.7 Å². The summed E-state index contributed by atoms with van der Waals surface area (Å²) >= 11 is 12.3. The highest BCUT2D eigenvalue weighted by molar-refractivity contribution is 6.42. The monoisotopic (exact) mass is 516 g/mol. The van der Waals surface area contributed by atoms with Crippen LogP contribution in [0, 0.1) is 0 Å². The second-order valence-electron chi connectivity index (χ2n) is 10.6. The normalized spacial score (nSPS) is 15.1. The molecule has 6 heteroatoms. The molecular weight excluding hydrogens is 479 g/mol. The average Bonchev–Trinajstić information content (AvgIpc) is 3.32. The van der Waals surface area contributed by atoms with E-state index in [9.17, 15) is 9.59 Å². The Hall–Kier alpha value is -2.04. The van der Waals surface area contributed by atoms with Crippen LogP contribution in [0.15, 0.2) is 42.5 Å². The fourth-order valence-electron chi connectivity index (χ4n) is 4.69. The van der Waals surface area contributed by atoms with Crippen LogP contribution in [0.3, 0.4) is 0 Å². The Balaban J connectivity index is 1.76. The molecule has 0 aromatic heterocycles. The van der Waals surface area contributed by atoms with Gasteiger partial charge in [0, 0.05) is 19.0 Å². The van der Waals surface area contributed by atoms with E-state index in [2.05, 4.69) is 50.4 Å². The van der Waals surface area contributed by atoms with Gasteiger partial charge in [0.15, 0.2) is 0 Å². The van der Waals surface area contributed by atoms with Gasteiger partial charge in [0.2, 0.25) is 11.8 Å². The molecule has 190 valence electrons. The number of rotatable bonds is 9. The number of nitrogens with zero attached hydrogens (tertiary/aromatic N) is 1. The first-order chi connectivity index (χ1) is 16.6. The molecule has 3 rings (SSSR count). The maximum Gasteiger partial charge on any atom is 0.243 e. The first-order valence-corrected chi connectivity index (χ1v) is 13.5. The van der Waals surface area contributed by atoms with Gasteiger partial charge in [-0.15, -0.1) is 0 Å². The van der Waals surface area contributed by atoms with Gasteiger partial charge in [-0.25, -0.2) is 0 Å². The standard InChI is InChI=1S/C29H38Cl2N2O2/c1-5-26(28(35)32-23-8-6-7-9-23)33(19-21-12-16-24(30)25(31)18-21)27(34)17-13-20-10-14-22(15-11-20)29(2,3)4/h10-12,14-16,18,23,26H,5-9,13,17,19H2,1-4H3,(H,32,35). The van der Waals surface area contributed by atoms with Crippen LogP contribution in [0.2, 0.25) is 10.0 Å². The summed E-state index contributed by atoms with van der Waals surface area (Å²) in [7, 11) is 0. The lowest BCUT2D eigenvalue weighted by atomic mass is 9.86. The Morgan fingerprint density at radius 2 is 1.63 bits per heavy atom. The van der Waals surface area contributed by atoms with Crippen molar-refractivity contribution < 1.29 is 9.59 Å². The van der Waals surface area contributed by atoms with Crippen LogP contribution in [0.25, 0.3) is 0 Å². The van der Waals surface area contributed by atoms with Gasteiger partial charge in [-0.2, -0.15) is 0 Å². The number of carbonyl (C=O) groups is 2. The van der Waals surface area contributed by atoms with Crippen molar-refractivity contribution in [2.75, 3.05) is 0 Å². The van der Waals surface area contributed by atoms with Crippen LogP contribution in [-0.2, 0) is 28.0 Å². The lowest BCUT2D eigenvalue weighted by molar-refractivity contribution is -0.141. The van der Waals surface area contributed by atoms with Crippen molar-refractivity contribution in [2.24, 2.45) is 0 Å². The minimum absolute atomic E-state index is 0.0376. The number of nitrogens with one attached hydrogen (secondary N) is 1. The summed E-state index contributed by atoms with van der Waals surface area (Å²) in [5.41, 5.74) is 3.33. The molecule has 2 amide bonds. The average molecular weight is 518 g/mol. The number of hydrogen-bond donors (Lipinski definition) is 1. The molecule has 1 N–H and O–H groups in total. The van der Waals surface area contributed by atoms with Crippen LogP contribution >= 0.6 is 23.2 Å². The summed E-state index contributed by atoms with van der Waals surface area (Å²) in [6, 6.07) is 13.5. The van der Waals surface area contributed by atoms with E-state index in [-0.39, 0.29) is 23.3 Å². The molecule has 1 fully saturated rings. The third kappa shape index (κ3) is 7.72. The minimum atomic E-state index is -0.527. The highest BCUT2D eigenvalue weighted by Crippen LogP contribution is 2.26. The molecule has 2 aromatic rings. The molecule has 0 saturated heterocycles. The van der Waals surface area contributed by atoms with Gasteiger partial charge in [0.25, 0.3) is 0 Å². The predicted molar refractivity (Wildman–Crippen MR) is 145 cm³/mol. The van der Waals surface area contributed by atoms with E-state index in [1.165, 1.54) is 5.56 Å². The summed E-state index contributed by atoms with van der Waals surface area (Å²) in [6.07, 6.45) is 5.81. The van der Waals surface area contributed by atoms with Crippen LogP contribution in [-0.4, -0.2) is 28.8 Å². The number of benzene rings is 2. The number of hydrogen-bond acceptors (Lipinski definition) is 2. The van der Waals surface area contributed by atoms with E-state index in [0.717, 1.165) is 36.8 Å². The van der Waals surface area contributed by atoms with E-state index in [0.29, 0.717) is 35.9 Å². The topological polar surface area (TPSA) is 49.4 Å². The van der Waals surface area contributed by atoms with Crippen LogP contribution in [0.1, 0.15) is 82.9 Å². The molecule has 0 spiro atoms. The molecule has 1 saturated carbocycles. The zero-order chi connectivity index (χ0) is 25.6. The second-order valence-corrected chi connectivity index (χ2v) is 11.4. The molecule has 1 aliphatic rings. The van der Waals surface area contributed by atoms with Gasteiger partial charge in [0.05, 0.1) is 10.0 Å². The van der Waals surface area contributed by atoms with Gasteiger partial charge < -0.3 is 10.2 Å². The van der Waals surface area contributed by atoms with Crippen molar-refractivity contribution in [3.05, 3.63) is 69.2 Å². The number of carbonyl (C=O) groups excluding carboxylic acids is 2. The van der Waals surface area contributed by atoms with Crippen molar-refractivity contribution in [3.8, 4) is 0 Å². The smallest absolute Gasteiger partial charge is 0.243 e. The van der Waals surface area contributed by atoms with Crippen LogP contribution < -0.4 is 5.32 Å². The largest absolute Gasteiger partial charge is 0.352 e. The van der Waals surface area contributed by atoms with E-state index >= 15 is 0 Å². The van der Waals surface area contributed by atoms with Crippen LogP contribution in [0.4, 0.5) is 0 Å². The summed E-state index contributed by atoms with van der Waals surface area (Å²) < 4.78 is 0. The third-order valence-electron chi connectivity index (χ3n) is 6.87. The number of aryl methyl sites for hydroxylation is 1. The molecule has 2 aromatic carbocycles. The van der Waals surface area contributed by atoms with Crippen LogP contribution in [0.5, 0.6) is 0 Å². The van der Waals surface area contributed by atoms with Gasteiger partial charge >= 0.3 is 0 Å². The molecule has 1 unspecified atom stereocenters. The van der Waals surface area contributed by atoms with Gasteiger partial charge in [-0.3, -0.25) is 9.59 Å². The summed E-state index contributed by atoms with van der Waals surface area (Å²) in [6.45, 7) is 8.84. The summed E-state index contributed by atoms with van der Waals surface area (Å²) in [5, 5.41) is 4.10. The molecule has 0 aliphatic heterocycles. The summed E-state index contributed by atoms with van der Waals surface area (Å²) in [4.78, 5) is 28.5. The van der Waals surface area contributed by atoms with Crippen molar-refractivity contribution in [3.63, 3.8) is 0 Å². The zero-order valence-corrected chi connectivity index (χ0v) is 22.9. The van der Waals surface area contributed by atoms with E-state index in [1.54, 1.807) is 17.0 Å². The molecule has 35 heavy (non-hydrogen) atoms. The zero-order valence-electron chi connectivity index (χ0n) is 21.4. The predicted octanol–water partition coefficient (Wildman–Crippen LogP) is 7.09. The molecule has 1 atom stereocenters. The molecule has 0 bridgehead atoms. The van der Waals surface area contributed by atoms with E-state index in [1.807, 2.05) is 13.0 Å². The van der Waals surface area contributed by atoms with E-state index < -0.39 is 6.04 Å².